The minimum absolute atomic E-state index is 0.111. The largest absolute Gasteiger partial charge is 0.495 e. The second-order valence-corrected chi connectivity index (χ2v) is 7.83. The molecule has 0 saturated heterocycles. The second-order valence-electron chi connectivity index (χ2n) is 5.68. The van der Waals surface area contributed by atoms with Crippen LogP contribution in [0.15, 0.2) is 23.1 Å². The highest BCUT2D eigenvalue weighted by molar-refractivity contribution is 7.89. The van der Waals surface area contributed by atoms with E-state index < -0.39 is 10.0 Å². The van der Waals surface area contributed by atoms with Crippen molar-refractivity contribution in [2.75, 3.05) is 26.5 Å². The SMILES string of the molecule is CCCCC(C)C(=O)Nc1cc(S(=O)(=O)N(C)C)ccc1OC. The van der Waals surface area contributed by atoms with Crippen LogP contribution in [0.1, 0.15) is 33.1 Å². The van der Waals surface area contributed by atoms with Gasteiger partial charge >= 0.3 is 0 Å². The molecule has 0 fully saturated rings. The van der Waals surface area contributed by atoms with Gasteiger partial charge in [-0.25, -0.2) is 12.7 Å². The molecule has 1 unspecified atom stereocenters. The first-order chi connectivity index (χ1) is 10.7. The van der Waals surface area contributed by atoms with Crippen LogP contribution in [0.25, 0.3) is 0 Å². The number of amides is 1. The topological polar surface area (TPSA) is 75.7 Å². The van der Waals surface area contributed by atoms with Gasteiger partial charge in [-0.1, -0.05) is 26.7 Å². The minimum Gasteiger partial charge on any atom is -0.495 e. The molecule has 1 amide bonds. The van der Waals surface area contributed by atoms with Crippen molar-refractivity contribution < 1.29 is 17.9 Å². The molecule has 1 rings (SSSR count). The van der Waals surface area contributed by atoms with Gasteiger partial charge in [-0.15, -0.1) is 0 Å². The number of nitrogens with one attached hydrogen (secondary N) is 1. The van der Waals surface area contributed by atoms with E-state index in [1.54, 1.807) is 6.07 Å². The first kappa shape index (κ1) is 19.4. The summed E-state index contributed by atoms with van der Waals surface area (Å²) in [6, 6.07) is 4.44. The smallest absolute Gasteiger partial charge is 0.242 e. The van der Waals surface area contributed by atoms with Gasteiger partial charge in [0, 0.05) is 20.0 Å². The van der Waals surface area contributed by atoms with E-state index in [1.807, 2.05) is 6.92 Å². The number of anilines is 1. The number of benzene rings is 1. The number of methoxy groups -OCH3 is 1. The van der Waals surface area contributed by atoms with E-state index in [-0.39, 0.29) is 16.7 Å². The van der Waals surface area contributed by atoms with Crippen molar-refractivity contribution in [1.29, 1.82) is 0 Å². The first-order valence-corrected chi connectivity index (χ1v) is 9.09. The fourth-order valence-corrected chi connectivity index (χ4v) is 2.98. The molecule has 7 heteroatoms. The van der Waals surface area contributed by atoms with E-state index in [0.717, 1.165) is 23.6 Å². The highest BCUT2D eigenvalue weighted by Crippen LogP contribution is 2.29. The molecule has 1 aromatic rings. The van der Waals surface area contributed by atoms with E-state index in [4.69, 9.17) is 4.74 Å². The molecule has 1 aromatic carbocycles. The number of carbonyl (C=O) groups excluding carboxylic acids is 1. The summed E-state index contributed by atoms with van der Waals surface area (Å²) in [6.07, 6.45) is 2.79. The predicted octanol–water partition coefficient (Wildman–Crippen LogP) is 2.71. The van der Waals surface area contributed by atoms with Gasteiger partial charge in [0.25, 0.3) is 0 Å². The molecule has 0 bridgehead atoms. The van der Waals surface area contributed by atoms with Crippen molar-refractivity contribution in [3.63, 3.8) is 0 Å². The Balaban J connectivity index is 3.07. The van der Waals surface area contributed by atoms with Crippen LogP contribution in [0.2, 0.25) is 0 Å². The number of hydrogen-bond acceptors (Lipinski definition) is 4. The summed E-state index contributed by atoms with van der Waals surface area (Å²) in [6.45, 7) is 3.93. The van der Waals surface area contributed by atoms with E-state index >= 15 is 0 Å². The number of hydrogen-bond donors (Lipinski definition) is 1. The third-order valence-electron chi connectivity index (χ3n) is 3.65. The lowest BCUT2D eigenvalue weighted by Gasteiger charge is -2.17. The van der Waals surface area contributed by atoms with E-state index in [2.05, 4.69) is 12.2 Å². The number of unbranched alkanes of at least 4 members (excludes halogenated alkanes) is 1. The number of carbonyl (C=O) groups is 1. The summed E-state index contributed by atoms with van der Waals surface area (Å²) in [5.74, 6) is 0.142. The molecule has 0 aliphatic heterocycles. The zero-order valence-electron chi connectivity index (χ0n) is 14.4. The standard InChI is InChI=1S/C16H26N2O4S/c1-6-7-8-12(2)16(19)17-14-11-13(9-10-15(14)22-5)23(20,21)18(3)4/h9-12H,6-8H2,1-5H3,(H,17,19). The summed E-state index contributed by atoms with van der Waals surface area (Å²) in [5, 5.41) is 2.77. The molecule has 0 spiro atoms. The van der Waals surface area contributed by atoms with E-state index in [1.165, 1.54) is 33.3 Å². The summed E-state index contributed by atoms with van der Waals surface area (Å²) >= 11 is 0. The molecule has 0 aliphatic carbocycles. The molecule has 0 aromatic heterocycles. The zero-order valence-corrected chi connectivity index (χ0v) is 15.2. The van der Waals surface area contributed by atoms with Crippen molar-refractivity contribution in [1.82, 2.24) is 4.31 Å². The van der Waals surface area contributed by atoms with Crippen molar-refractivity contribution in [2.45, 2.75) is 38.0 Å². The van der Waals surface area contributed by atoms with Crippen LogP contribution in [0.5, 0.6) is 5.75 Å². The Morgan fingerprint density at radius 2 is 2.00 bits per heavy atom. The molecule has 0 saturated carbocycles. The lowest BCUT2D eigenvalue weighted by Crippen LogP contribution is -2.23. The summed E-state index contributed by atoms with van der Waals surface area (Å²) < 4.78 is 30.8. The van der Waals surface area contributed by atoms with Crippen molar-refractivity contribution in [3.8, 4) is 5.75 Å². The quantitative estimate of drug-likeness (QED) is 0.788. The van der Waals surface area contributed by atoms with E-state index in [0.29, 0.717) is 11.4 Å². The predicted molar refractivity (Wildman–Crippen MR) is 91.2 cm³/mol. The molecule has 0 aliphatic rings. The van der Waals surface area contributed by atoms with Crippen LogP contribution in [-0.2, 0) is 14.8 Å². The van der Waals surface area contributed by atoms with Crippen LogP contribution in [-0.4, -0.2) is 39.8 Å². The Morgan fingerprint density at radius 1 is 1.35 bits per heavy atom. The number of sulfonamides is 1. The van der Waals surface area contributed by atoms with Crippen LogP contribution >= 0.6 is 0 Å². The van der Waals surface area contributed by atoms with Crippen LogP contribution < -0.4 is 10.1 Å². The number of rotatable bonds is 8. The molecular formula is C16H26N2O4S. The van der Waals surface area contributed by atoms with Crippen molar-refractivity contribution >= 4 is 21.6 Å². The van der Waals surface area contributed by atoms with Crippen molar-refractivity contribution in [2.24, 2.45) is 5.92 Å². The highest BCUT2D eigenvalue weighted by Gasteiger charge is 2.21. The lowest BCUT2D eigenvalue weighted by atomic mass is 10.0. The van der Waals surface area contributed by atoms with Gasteiger partial charge in [0.05, 0.1) is 17.7 Å². The van der Waals surface area contributed by atoms with Gasteiger partial charge in [0.15, 0.2) is 0 Å². The summed E-state index contributed by atoms with van der Waals surface area (Å²) in [7, 11) is 0.836. The van der Waals surface area contributed by atoms with Gasteiger partial charge in [-0.05, 0) is 24.6 Å². The molecule has 130 valence electrons. The zero-order chi connectivity index (χ0) is 17.6. The number of ether oxygens (including phenoxy) is 1. The Bertz CT molecular complexity index is 641. The van der Waals surface area contributed by atoms with Gasteiger partial charge in [0.1, 0.15) is 5.75 Å². The van der Waals surface area contributed by atoms with Crippen molar-refractivity contribution in [3.05, 3.63) is 18.2 Å². The molecule has 0 heterocycles. The maximum absolute atomic E-state index is 12.3. The fourth-order valence-electron chi connectivity index (χ4n) is 2.05. The molecular weight excluding hydrogens is 316 g/mol. The monoisotopic (exact) mass is 342 g/mol. The first-order valence-electron chi connectivity index (χ1n) is 7.65. The maximum Gasteiger partial charge on any atom is 0.242 e. The molecule has 6 nitrogen and oxygen atoms in total. The molecule has 23 heavy (non-hydrogen) atoms. The molecule has 0 radical (unpaired) electrons. The van der Waals surface area contributed by atoms with Crippen LogP contribution in [0.3, 0.4) is 0 Å². The Morgan fingerprint density at radius 3 is 2.52 bits per heavy atom. The Labute approximate surface area is 138 Å². The van der Waals surface area contributed by atoms with Gasteiger partial charge in [0.2, 0.25) is 15.9 Å². The van der Waals surface area contributed by atoms with Gasteiger partial charge in [-0.2, -0.15) is 0 Å². The lowest BCUT2D eigenvalue weighted by molar-refractivity contribution is -0.119. The maximum atomic E-state index is 12.3. The average molecular weight is 342 g/mol. The summed E-state index contributed by atoms with van der Waals surface area (Å²) in [4.78, 5) is 12.4. The minimum atomic E-state index is -3.57. The second kappa shape index (κ2) is 8.31. The third kappa shape index (κ3) is 4.94. The van der Waals surface area contributed by atoms with E-state index in [9.17, 15) is 13.2 Å². The third-order valence-corrected chi connectivity index (χ3v) is 5.46. The Kier molecular flexibility index (Phi) is 7.02. The Hall–Kier alpha value is -1.60. The highest BCUT2D eigenvalue weighted by atomic mass is 32.2. The van der Waals surface area contributed by atoms with Gasteiger partial charge < -0.3 is 10.1 Å². The average Bonchev–Trinajstić information content (AvgIpc) is 2.52. The fraction of sp³-hybridized carbons (Fsp3) is 0.562. The molecule has 1 atom stereocenters. The summed E-state index contributed by atoms with van der Waals surface area (Å²) in [5.41, 5.74) is 0.365. The van der Waals surface area contributed by atoms with Gasteiger partial charge in [-0.3, -0.25) is 4.79 Å². The van der Waals surface area contributed by atoms with Crippen LogP contribution in [0, 0.1) is 5.92 Å². The number of nitrogens with zero attached hydrogens (tertiary/aromatic N) is 1. The molecule has 1 N–H and O–H groups in total. The van der Waals surface area contributed by atoms with Crippen LogP contribution in [0.4, 0.5) is 5.69 Å². The normalized spacial score (nSPS) is 13.0.